The maximum Gasteiger partial charge on any atom is 0.0697 e. The van der Waals surface area contributed by atoms with Gasteiger partial charge in [0.1, 0.15) is 0 Å². The fourth-order valence-electron chi connectivity index (χ4n) is 3.89. The molecule has 0 aromatic heterocycles. The second-order valence-corrected chi connectivity index (χ2v) is 7.88. The lowest BCUT2D eigenvalue weighted by Crippen LogP contribution is -2.53. The molecule has 1 spiro atoms. The zero-order chi connectivity index (χ0) is 14.6. The molecule has 0 aromatic carbocycles. The summed E-state index contributed by atoms with van der Waals surface area (Å²) in [6.45, 7) is 7.94. The van der Waals surface area contributed by atoms with Crippen LogP contribution in [0.4, 0.5) is 0 Å². The molecule has 2 fully saturated rings. The zero-order valence-corrected chi connectivity index (χ0v) is 13.6. The van der Waals surface area contributed by atoms with Gasteiger partial charge in [-0.25, -0.2) is 0 Å². The zero-order valence-electron chi connectivity index (χ0n) is 13.6. The van der Waals surface area contributed by atoms with Gasteiger partial charge in [-0.1, -0.05) is 40.0 Å². The molecular weight excluding hydrogens is 250 g/mol. The normalized spacial score (nSPS) is 28.5. The van der Waals surface area contributed by atoms with E-state index in [4.69, 9.17) is 4.74 Å². The van der Waals surface area contributed by atoms with Crippen molar-refractivity contribution in [2.75, 3.05) is 13.2 Å². The minimum absolute atomic E-state index is 0.163. The molecule has 0 aromatic rings. The minimum atomic E-state index is 0.163. The minimum Gasteiger partial charge on any atom is -0.396 e. The Morgan fingerprint density at radius 3 is 2.55 bits per heavy atom. The molecule has 118 valence electrons. The van der Waals surface area contributed by atoms with Crippen LogP contribution in [0.1, 0.15) is 72.1 Å². The van der Waals surface area contributed by atoms with Crippen LogP contribution in [0.3, 0.4) is 0 Å². The fourth-order valence-corrected chi connectivity index (χ4v) is 3.89. The summed E-state index contributed by atoms with van der Waals surface area (Å²) in [6, 6.07) is 0.939. The van der Waals surface area contributed by atoms with Gasteiger partial charge < -0.3 is 15.2 Å². The van der Waals surface area contributed by atoms with Gasteiger partial charge in [0.25, 0.3) is 0 Å². The van der Waals surface area contributed by atoms with Gasteiger partial charge in [-0.2, -0.15) is 0 Å². The first kappa shape index (κ1) is 16.3. The molecule has 2 rings (SSSR count). The van der Waals surface area contributed by atoms with Crippen LogP contribution >= 0.6 is 0 Å². The topological polar surface area (TPSA) is 41.5 Å². The average Bonchev–Trinajstić information content (AvgIpc) is 2.38. The van der Waals surface area contributed by atoms with E-state index in [1.165, 1.54) is 32.1 Å². The lowest BCUT2D eigenvalue weighted by Gasteiger charge is -2.45. The maximum absolute atomic E-state index is 9.31. The quantitative estimate of drug-likeness (QED) is 0.832. The number of nitrogens with one attached hydrogen (secondary N) is 1. The van der Waals surface area contributed by atoms with Crippen molar-refractivity contribution in [2.24, 2.45) is 5.41 Å². The monoisotopic (exact) mass is 283 g/mol. The first-order valence-electron chi connectivity index (χ1n) is 8.46. The highest BCUT2D eigenvalue weighted by Gasteiger charge is 2.39. The Kier molecular flexibility index (Phi) is 5.49. The van der Waals surface area contributed by atoms with E-state index in [-0.39, 0.29) is 17.6 Å². The second-order valence-electron chi connectivity index (χ2n) is 7.88. The van der Waals surface area contributed by atoms with Gasteiger partial charge in [0, 0.05) is 25.3 Å². The molecule has 20 heavy (non-hydrogen) atoms. The Morgan fingerprint density at radius 1 is 1.25 bits per heavy atom. The summed E-state index contributed by atoms with van der Waals surface area (Å²) in [5, 5.41) is 13.1. The van der Waals surface area contributed by atoms with E-state index in [0.717, 1.165) is 25.9 Å². The van der Waals surface area contributed by atoms with Gasteiger partial charge in [-0.3, -0.25) is 0 Å². The third-order valence-corrected chi connectivity index (χ3v) is 5.16. The van der Waals surface area contributed by atoms with Crippen LogP contribution in [0.15, 0.2) is 0 Å². The molecule has 2 atom stereocenters. The van der Waals surface area contributed by atoms with Gasteiger partial charge in [-0.05, 0) is 37.5 Å². The van der Waals surface area contributed by atoms with Crippen molar-refractivity contribution >= 4 is 0 Å². The molecule has 2 unspecified atom stereocenters. The second kappa shape index (κ2) is 6.76. The number of ether oxygens (including phenoxy) is 1. The molecule has 0 amide bonds. The van der Waals surface area contributed by atoms with E-state index in [1.807, 2.05) is 0 Å². The highest BCUT2D eigenvalue weighted by atomic mass is 16.5. The SMILES string of the molecule is CC(C)(C)C(CCO)NC1CCOC2(CCCCC2)C1. The van der Waals surface area contributed by atoms with Crippen molar-refractivity contribution in [3.8, 4) is 0 Å². The molecule has 1 aliphatic heterocycles. The molecule has 0 radical (unpaired) electrons. The van der Waals surface area contributed by atoms with E-state index in [9.17, 15) is 5.11 Å². The highest BCUT2D eigenvalue weighted by molar-refractivity contribution is 4.94. The molecule has 2 aliphatic rings. The molecular formula is C17H33NO2. The standard InChI is InChI=1S/C17H33NO2/c1-16(2,3)15(7-11-19)18-14-8-12-20-17(13-14)9-5-4-6-10-17/h14-15,18-19H,4-13H2,1-3H3. The Morgan fingerprint density at radius 2 is 1.95 bits per heavy atom. The Hall–Kier alpha value is -0.120. The average molecular weight is 283 g/mol. The molecule has 0 bridgehead atoms. The van der Waals surface area contributed by atoms with Crippen molar-refractivity contribution in [1.82, 2.24) is 5.32 Å². The first-order chi connectivity index (χ1) is 9.45. The molecule has 1 saturated carbocycles. The fraction of sp³-hybridized carbons (Fsp3) is 1.00. The molecule has 1 saturated heterocycles. The number of aliphatic hydroxyl groups excluding tert-OH is 1. The summed E-state index contributed by atoms with van der Waals surface area (Å²) in [4.78, 5) is 0. The predicted molar refractivity (Wildman–Crippen MR) is 82.9 cm³/mol. The molecule has 2 N–H and O–H groups in total. The Bertz CT molecular complexity index is 286. The summed E-state index contributed by atoms with van der Waals surface area (Å²) in [5.74, 6) is 0. The Labute approximate surface area is 124 Å². The van der Waals surface area contributed by atoms with Crippen LogP contribution in [0.25, 0.3) is 0 Å². The van der Waals surface area contributed by atoms with Crippen molar-refractivity contribution in [3.63, 3.8) is 0 Å². The van der Waals surface area contributed by atoms with Crippen LogP contribution in [0.5, 0.6) is 0 Å². The summed E-state index contributed by atoms with van der Waals surface area (Å²) in [5.41, 5.74) is 0.358. The van der Waals surface area contributed by atoms with Gasteiger partial charge >= 0.3 is 0 Å². The van der Waals surface area contributed by atoms with Crippen LogP contribution in [-0.4, -0.2) is 36.0 Å². The lowest BCUT2D eigenvalue weighted by molar-refractivity contribution is -0.111. The summed E-state index contributed by atoms with van der Waals surface area (Å²) < 4.78 is 6.17. The summed E-state index contributed by atoms with van der Waals surface area (Å²) in [7, 11) is 0. The number of hydrogen-bond donors (Lipinski definition) is 2. The highest BCUT2D eigenvalue weighted by Crippen LogP contribution is 2.39. The molecule has 3 heteroatoms. The van der Waals surface area contributed by atoms with E-state index < -0.39 is 0 Å². The largest absolute Gasteiger partial charge is 0.396 e. The van der Waals surface area contributed by atoms with Crippen LogP contribution < -0.4 is 5.32 Å². The van der Waals surface area contributed by atoms with Crippen molar-refractivity contribution in [3.05, 3.63) is 0 Å². The molecule has 1 heterocycles. The first-order valence-corrected chi connectivity index (χ1v) is 8.46. The van der Waals surface area contributed by atoms with Crippen LogP contribution in [-0.2, 0) is 4.74 Å². The Balaban J connectivity index is 1.94. The molecule has 1 aliphatic carbocycles. The number of aliphatic hydroxyl groups is 1. The van der Waals surface area contributed by atoms with Gasteiger partial charge in [0.15, 0.2) is 0 Å². The maximum atomic E-state index is 9.31. The van der Waals surface area contributed by atoms with E-state index in [0.29, 0.717) is 12.1 Å². The third-order valence-electron chi connectivity index (χ3n) is 5.16. The third kappa shape index (κ3) is 4.19. The smallest absolute Gasteiger partial charge is 0.0697 e. The van der Waals surface area contributed by atoms with Gasteiger partial charge in [0.05, 0.1) is 5.60 Å². The van der Waals surface area contributed by atoms with E-state index in [1.54, 1.807) is 0 Å². The lowest BCUT2D eigenvalue weighted by atomic mass is 9.77. The van der Waals surface area contributed by atoms with Gasteiger partial charge in [-0.15, -0.1) is 0 Å². The van der Waals surface area contributed by atoms with Crippen molar-refractivity contribution < 1.29 is 9.84 Å². The van der Waals surface area contributed by atoms with Crippen molar-refractivity contribution in [2.45, 2.75) is 89.8 Å². The van der Waals surface area contributed by atoms with Gasteiger partial charge in [0.2, 0.25) is 0 Å². The van der Waals surface area contributed by atoms with Crippen molar-refractivity contribution in [1.29, 1.82) is 0 Å². The predicted octanol–water partition coefficient (Wildman–Crippen LogP) is 3.26. The molecule has 3 nitrogen and oxygen atoms in total. The summed E-state index contributed by atoms with van der Waals surface area (Å²) in [6.07, 6.45) is 9.62. The number of rotatable bonds is 4. The van der Waals surface area contributed by atoms with Crippen LogP contribution in [0, 0.1) is 5.41 Å². The van der Waals surface area contributed by atoms with E-state index in [2.05, 4.69) is 26.1 Å². The van der Waals surface area contributed by atoms with E-state index >= 15 is 0 Å². The summed E-state index contributed by atoms with van der Waals surface area (Å²) >= 11 is 0. The van der Waals surface area contributed by atoms with Crippen LogP contribution in [0.2, 0.25) is 0 Å². The number of hydrogen-bond acceptors (Lipinski definition) is 3.